The number of rotatable bonds is 17. The smallest absolute Gasteiger partial charge is 0.166 e. The van der Waals surface area contributed by atoms with E-state index in [2.05, 4.69) is 9.98 Å². The summed E-state index contributed by atoms with van der Waals surface area (Å²) in [6.45, 7) is 2.42. The highest BCUT2D eigenvalue weighted by Crippen LogP contribution is 2.39. The van der Waals surface area contributed by atoms with E-state index < -0.39 is 0 Å². The molecule has 0 radical (unpaired) electrons. The molecule has 0 saturated carbocycles. The maximum atomic E-state index is 10.8. The van der Waals surface area contributed by atoms with E-state index in [1.54, 1.807) is 38.8 Å². The SMILES string of the molecule is COCCOc1ccccc1-c1cc(C=NCCN=Cc2cc(-c3ccccc3OCCOC)cc(OC)c2O)c(O)c(OC)c1. The van der Waals surface area contributed by atoms with Gasteiger partial charge in [-0.1, -0.05) is 36.4 Å². The van der Waals surface area contributed by atoms with Crippen molar-refractivity contribution in [2.24, 2.45) is 9.98 Å². The standard InChI is InChI=1S/C36H40N2O8/c1-41-15-17-45-31-11-7-5-9-29(31)25-19-27(35(39)33(21-25)43-3)23-37-13-14-38-24-28-20-26(22-34(44-4)36(28)40)30-10-6-8-12-32(30)46-18-16-42-2/h5-12,19-24,39-40H,13-18H2,1-4H3. The van der Waals surface area contributed by atoms with Gasteiger partial charge in [-0.2, -0.15) is 0 Å². The van der Waals surface area contributed by atoms with E-state index in [-0.39, 0.29) is 11.5 Å². The van der Waals surface area contributed by atoms with Crippen LogP contribution in [0.2, 0.25) is 0 Å². The summed E-state index contributed by atoms with van der Waals surface area (Å²) >= 11 is 0. The minimum atomic E-state index is -0.0170. The fourth-order valence-electron chi connectivity index (χ4n) is 4.65. The topological polar surface area (TPSA) is 121 Å². The average molecular weight is 629 g/mol. The molecule has 4 aromatic rings. The van der Waals surface area contributed by atoms with Crippen LogP contribution in [0.5, 0.6) is 34.5 Å². The van der Waals surface area contributed by atoms with Gasteiger partial charge in [0.2, 0.25) is 0 Å². The lowest BCUT2D eigenvalue weighted by Crippen LogP contribution is -2.05. The number of nitrogens with zero attached hydrogens (tertiary/aromatic N) is 2. The fourth-order valence-corrected chi connectivity index (χ4v) is 4.65. The first-order valence-corrected chi connectivity index (χ1v) is 14.7. The third-order valence-corrected chi connectivity index (χ3v) is 6.95. The molecule has 0 atom stereocenters. The highest BCUT2D eigenvalue weighted by Gasteiger charge is 2.15. The van der Waals surface area contributed by atoms with E-state index in [9.17, 15) is 10.2 Å². The summed E-state index contributed by atoms with van der Waals surface area (Å²) < 4.78 is 32.9. The van der Waals surface area contributed by atoms with Gasteiger partial charge in [-0.25, -0.2) is 0 Å². The number of aromatic hydroxyl groups is 2. The molecule has 242 valence electrons. The lowest BCUT2D eigenvalue weighted by Gasteiger charge is -2.14. The first kappa shape index (κ1) is 33.8. The lowest BCUT2D eigenvalue weighted by atomic mass is 10.0. The summed E-state index contributed by atoms with van der Waals surface area (Å²) in [6, 6.07) is 22.5. The molecule has 0 bridgehead atoms. The van der Waals surface area contributed by atoms with Crippen molar-refractivity contribution in [3.05, 3.63) is 83.9 Å². The molecule has 0 aliphatic rings. The van der Waals surface area contributed by atoms with Crippen molar-refractivity contribution in [3.63, 3.8) is 0 Å². The zero-order chi connectivity index (χ0) is 32.7. The molecule has 2 N–H and O–H groups in total. The van der Waals surface area contributed by atoms with Crippen LogP contribution in [-0.4, -0.2) is 90.6 Å². The predicted octanol–water partition coefficient (Wildman–Crippen LogP) is 6.04. The van der Waals surface area contributed by atoms with Crippen LogP contribution in [0.1, 0.15) is 11.1 Å². The first-order chi connectivity index (χ1) is 22.5. The Morgan fingerprint density at radius 2 is 0.957 bits per heavy atom. The summed E-state index contributed by atoms with van der Waals surface area (Å²) in [5.41, 5.74) is 4.28. The van der Waals surface area contributed by atoms with Gasteiger partial charge in [0.1, 0.15) is 24.7 Å². The van der Waals surface area contributed by atoms with Crippen LogP contribution in [0.15, 0.2) is 82.8 Å². The molecule has 0 heterocycles. The van der Waals surface area contributed by atoms with Crippen molar-refractivity contribution in [3.8, 4) is 56.8 Å². The van der Waals surface area contributed by atoms with Crippen LogP contribution in [0, 0.1) is 0 Å². The van der Waals surface area contributed by atoms with Crippen molar-refractivity contribution >= 4 is 12.4 Å². The Hall–Kier alpha value is -5.06. The Kier molecular flexibility index (Phi) is 12.8. The second-order valence-electron chi connectivity index (χ2n) is 9.98. The minimum Gasteiger partial charge on any atom is -0.504 e. The molecule has 0 aromatic heterocycles. The van der Waals surface area contributed by atoms with E-state index in [1.165, 1.54) is 14.2 Å². The van der Waals surface area contributed by atoms with E-state index in [0.717, 1.165) is 22.3 Å². The third-order valence-electron chi connectivity index (χ3n) is 6.95. The quantitative estimate of drug-likeness (QED) is 0.107. The highest BCUT2D eigenvalue weighted by molar-refractivity contribution is 5.90. The number of benzene rings is 4. The van der Waals surface area contributed by atoms with E-state index >= 15 is 0 Å². The molecule has 0 saturated heterocycles. The maximum Gasteiger partial charge on any atom is 0.166 e. The van der Waals surface area contributed by atoms with Gasteiger partial charge in [-0.05, 0) is 47.5 Å². The van der Waals surface area contributed by atoms with E-state index in [0.29, 0.717) is 73.6 Å². The maximum absolute atomic E-state index is 10.8. The molecule has 0 fully saturated rings. The molecule has 0 aliphatic heterocycles. The van der Waals surface area contributed by atoms with Gasteiger partial charge >= 0.3 is 0 Å². The first-order valence-electron chi connectivity index (χ1n) is 14.7. The van der Waals surface area contributed by atoms with Crippen molar-refractivity contribution in [1.29, 1.82) is 0 Å². The molecule has 0 amide bonds. The molecule has 46 heavy (non-hydrogen) atoms. The monoisotopic (exact) mass is 628 g/mol. The van der Waals surface area contributed by atoms with E-state index in [4.69, 9.17) is 28.4 Å². The van der Waals surface area contributed by atoms with Gasteiger partial charge in [0.05, 0.1) is 40.5 Å². The molecular formula is C36H40N2O8. The zero-order valence-corrected chi connectivity index (χ0v) is 26.6. The van der Waals surface area contributed by atoms with Crippen LogP contribution in [0.4, 0.5) is 0 Å². The Labute approximate surface area is 269 Å². The van der Waals surface area contributed by atoms with Crippen molar-refractivity contribution in [1.82, 2.24) is 0 Å². The summed E-state index contributed by atoms with van der Waals surface area (Å²) in [7, 11) is 6.25. The van der Waals surface area contributed by atoms with Crippen molar-refractivity contribution in [2.75, 3.05) is 68.0 Å². The predicted molar refractivity (Wildman–Crippen MR) is 180 cm³/mol. The fraction of sp³-hybridized carbons (Fsp3) is 0.278. The number of para-hydroxylation sites is 2. The number of aliphatic imine (C=N–C) groups is 2. The summed E-state index contributed by atoms with van der Waals surface area (Å²) in [6.07, 6.45) is 3.18. The highest BCUT2D eigenvalue weighted by atomic mass is 16.5. The van der Waals surface area contributed by atoms with Crippen LogP contribution < -0.4 is 18.9 Å². The number of phenolic OH excluding ortho intramolecular Hbond substituents is 2. The second-order valence-corrected chi connectivity index (χ2v) is 9.98. The molecule has 0 spiro atoms. The molecule has 4 rings (SSSR count). The Morgan fingerprint density at radius 1 is 0.543 bits per heavy atom. The number of phenols is 2. The summed E-state index contributed by atoms with van der Waals surface area (Å²) in [5.74, 6) is 1.98. The van der Waals surface area contributed by atoms with Crippen LogP contribution in [0.3, 0.4) is 0 Å². The van der Waals surface area contributed by atoms with Gasteiger partial charge in [-0.3, -0.25) is 9.98 Å². The molecule has 10 nitrogen and oxygen atoms in total. The lowest BCUT2D eigenvalue weighted by molar-refractivity contribution is 0.146. The average Bonchev–Trinajstić information content (AvgIpc) is 3.08. The number of ether oxygens (including phenoxy) is 6. The zero-order valence-electron chi connectivity index (χ0n) is 26.6. The Bertz CT molecular complexity index is 1520. The second kappa shape index (κ2) is 17.4. The molecule has 0 unspecified atom stereocenters. The number of hydrogen-bond acceptors (Lipinski definition) is 10. The van der Waals surface area contributed by atoms with E-state index in [1.807, 2.05) is 60.7 Å². The molecule has 10 heteroatoms. The van der Waals surface area contributed by atoms with Crippen LogP contribution in [0.25, 0.3) is 22.3 Å². The van der Waals surface area contributed by atoms with Crippen LogP contribution in [-0.2, 0) is 9.47 Å². The van der Waals surface area contributed by atoms with Crippen molar-refractivity contribution < 1.29 is 38.6 Å². The normalized spacial score (nSPS) is 11.3. The van der Waals surface area contributed by atoms with Gasteiger partial charge in [0, 0.05) is 48.9 Å². The van der Waals surface area contributed by atoms with Gasteiger partial charge in [0.25, 0.3) is 0 Å². The molecule has 0 aliphatic carbocycles. The number of hydrogen-bond donors (Lipinski definition) is 2. The third kappa shape index (κ3) is 8.77. The van der Waals surface area contributed by atoms with Crippen molar-refractivity contribution in [2.45, 2.75) is 0 Å². The minimum absolute atomic E-state index is 0.0170. The van der Waals surface area contributed by atoms with Crippen LogP contribution >= 0.6 is 0 Å². The van der Waals surface area contributed by atoms with Gasteiger partial charge in [-0.15, -0.1) is 0 Å². The molecule has 4 aromatic carbocycles. The van der Waals surface area contributed by atoms with Gasteiger partial charge < -0.3 is 38.6 Å². The summed E-state index contributed by atoms with van der Waals surface area (Å²) in [4.78, 5) is 8.96. The largest absolute Gasteiger partial charge is 0.504 e. The molecular weight excluding hydrogens is 588 g/mol. The summed E-state index contributed by atoms with van der Waals surface area (Å²) in [5, 5.41) is 21.6. The Morgan fingerprint density at radius 3 is 1.35 bits per heavy atom. The number of methoxy groups -OCH3 is 4. The Balaban J connectivity index is 1.50. The van der Waals surface area contributed by atoms with Gasteiger partial charge in [0.15, 0.2) is 23.0 Å².